The van der Waals surface area contributed by atoms with Crippen molar-refractivity contribution in [3.63, 3.8) is 0 Å². The van der Waals surface area contributed by atoms with Gasteiger partial charge in [0.05, 0.1) is 6.07 Å². The molecule has 204 valence electrons. The fourth-order valence-corrected chi connectivity index (χ4v) is 6.20. The minimum atomic E-state index is -3.22. The van der Waals surface area contributed by atoms with Crippen molar-refractivity contribution in [2.45, 2.75) is 55.7 Å². The number of benzene rings is 2. The van der Waals surface area contributed by atoms with Gasteiger partial charge in [0.2, 0.25) is 11.8 Å². The van der Waals surface area contributed by atoms with E-state index >= 15 is 0 Å². The van der Waals surface area contributed by atoms with Crippen LogP contribution in [0.15, 0.2) is 46.9 Å². The normalized spacial score (nSPS) is 26.0. The number of hydrogen-bond acceptors (Lipinski definition) is 5. The molecule has 2 saturated heterocycles. The van der Waals surface area contributed by atoms with Crippen molar-refractivity contribution in [2.24, 2.45) is 5.92 Å². The third kappa shape index (κ3) is 4.92. The third-order valence-electron chi connectivity index (χ3n) is 7.83. The largest absolute Gasteiger partial charge is 0.372 e. The van der Waals surface area contributed by atoms with E-state index in [9.17, 15) is 33.5 Å². The van der Waals surface area contributed by atoms with Gasteiger partial charge in [0.15, 0.2) is 5.60 Å². The van der Waals surface area contributed by atoms with Gasteiger partial charge in [0, 0.05) is 47.4 Å². The molecule has 4 atom stereocenters. The van der Waals surface area contributed by atoms with Gasteiger partial charge in [0.1, 0.15) is 12.1 Å². The molecule has 0 spiro atoms. The Balaban J connectivity index is 1.45. The number of fused-ring (bicyclic) bond motifs is 3. The molecule has 2 heterocycles. The molecule has 3 N–H and O–H groups in total. The number of nitrogens with one attached hydrogen (secondary N) is 2. The predicted octanol–water partition coefficient (Wildman–Crippen LogP) is 3.22. The molecule has 2 fully saturated rings. The zero-order valence-corrected chi connectivity index (χ0v) is 22.5. The minimum Gasteiger partial charge on any atom is -0.372 e. The Kier molecular flexibility index (Phi) is 7.20. The molecule has 3 amide bonds. The highest BCUT2D eigenvalue weighted by molar-refractivity contribution is 9.10. The Labute approximate surface area is 232 Å². The zero-order valence-electron chi connectivity index (χ0n) is 20.9. The molecule has 2 aromatic carbocycles. The number of halogens is 3. The van der Waals surface area contributed by atoms with Crippen molar-refractivity contribution < 1.29 is 28.3 Å². The van der Waals surface area contributed by atoms with Gasteiger partial charge in [-0.1, -0.05) is 46.3 Å². The lowest BCUT2D eigenvalue weighted by molar-refractivity contribution is -0.164. The first-order valence-electron chi connectivity index (χ1n) is 12.8. The number of alkyl halides is 2. The molecular weight excluding hydrogens is 574 g/mol. The summed E-state index contributed by atoms with van der Waals surface area (Å²) < 4.78 is 29.8. The Bertz CT molecular complexity index is 1380. The molecule has 39 heavy (non-hydrogen) atoms. The standard InChI is InChI=1S/C28H27BrF2N4O4/c29-17-7-8-20-19-5-1-2-6-21(19)28(39,22(20)13-17)26(38)35-11-9-27(30,31)14-23(35)25(37)34-18(15-32)12-16-4-3-10-33-24(16)36/h1-2,5-8,13,16,18,23,39H,3-4,9-12,14H2,(H,33,36)(H,34,37)/t16-,18-,23-,28?/m0/s1. The van der Waals surface area contributed by atoms with Crippen molar-refractivity contribution in [1.29, 1.82) is 5.26 Å². The Morgan fingerprint density at radius 1 is 1.23 bits per heavy atom. The number of nitrogens with zero attached hydrogens (tertiary/aromatic N) is 2. The van der Waals surface area contributed by atoms with E-state index < -0.39 is 60.7 Å². The van der Waals surface area contributed by atoms with Gasteiger partial charge < -0.3 is 20.6 Å². The molecule has 8 nitrogen and oxygen atoms in total. The number of rotatable bonds is 5. The van der Waals surface area contributed by atoms with Crippen LogP contribution in [0.2, 0.25) is 0 Å². The summed E-state index contributed by atoms with van der Waals surface area (Å²) in [5.74, 6) is -5.73. The monoisotopic (exact) mass is 600 g/mol. The first-order chi connectivity index (χ1) is 18.5. The molecule has 3 aliphatic rings. The van der Waals surface area contributed by atoms with Gasteiger partial charge >= 0.3 is 0 Å². The van der Waals surface area contributed by atoms with Crippen LogP contribution in [-0.4, -0.2) is 58.8 Å². The fourth-order valence-electron chi connectivity index (χ4n) is 5.84. The van der Waals surface area contributed by atoms with Crippen LogP contribution in [0.5, 0.6) is 0 Å². The number of carbonyl (C=O) groups is 3. The summed E-state index contributed by atoms with van der Waals surface area (Å²) in [7, 11) is 0. The molecule has 2 aliphatic heterocycles. The van der Waals surface area contributed by atoms with E-state index in [1.54, 1.807) is 42.5 Å². The van der Waals surface area contributed by atoms with Gasteiger partial charge in [-0.2, -0.15) is 5.26 Å². The lowest BCUT2D eigenvalue weighted by Crippen LogP contribution is -2.61. The number of piperidine rings is 2. The molecule has 11 heteroatoms. The van der Waals surface area contributed by atoms with Crippen LogP contribution in [0.4, 0.5) is 8.78 Å². The van der Waals surface area contributed by atoms with Crippen LogP contribution in [0.3, 0.4) is 0 Å². The maximum absolute atomic E-state index is 14.6. The average Bonchev–Trinajstić information content (AvgIpc) is 3.17. The van der Waals surface area contributed by atoms with E-state index in [4.69, 9.17) is 0 Å². The summed E-state index contributed by atoms with van der Waals surface area (Å²) in [6, 6.07) is 11.2. The second kappa shape index (κ2) is 10.3. The van der Waals surface area contributed by atoms with Crippen molar-refractivity contribution >= 4 is 33.7 Å². The first kappa shape index (κ1) is 27.2. The summed E-state index contributed by atoms with van der Waals surface area (Å²) >= 11 is 3.38. The molecule has 0 bridgehead atoms. The highest BCUT2D eigenvalue weighted by Gasteiger charge is 2.54. The first-order valence-corrected chi connectivity index (χ1v) is 13.6. The minimum absolute atomic E-state index is 0.0316. The second-order valence-corrected chi connectivity index (χ2v) is 11.2. The second-order valence-electron chi connectivity index (χ2n) is 10.3. The van der Waals surface area contributed by atoms with Crippen LogP contribution in [0, 0.1) is 17.2 Å². The Morgan fingerprint density at radius 2 is 1.97 bits per heavy atom. The molecule has 0 radical (unpaired) electrons. The number of amides is 3. The van der Waals surface area contributed by atoms with E-state index in [-0.39, 0.29) is 17.9 Å². The molecular formula is C28H27BrF2N4O4. The zero-order chi connectivity index (χ0) is 27.9. The summed E-state index contributed by atoms with van der Waals surface area (Å²) in [6.45, 7) is 0.0822. The van der Waals surface area contributed by atoms with Crippen molar-refractivity contribution in [1.82, 2.24) is 15.5 Å². The Morgan fingerprint density at radius 3 is 2.72 bits per heavy atom. The van der Waals surface area contributed by atoms with E-state index in [1.807, 2.05) is 6.07 Å². The third-order valence-corrected chi connectivity index (χ3v) is 8.32. The molecule has 0 saturated carbocycles. The Hall–Kier alpha value is -3.36. The van der Waals surface area contributed by atoms with Gasteiger partial charge in [-0.05, 0) is 42.5 Å². The van der Waals surface area contributed by atoms with E-state index in [2.05, 4.69) is 26.6 Å². The van der Waals surface area contributed by atoms with Crippen molar-refractivity contribution in [2.75, 3.05) is 13.1 Å². The lowest BCUT2D eigenvalue weighted by Gasteiger charge is -2.42. The molecule has 2 aromatic rings. The fraction of sp³-hybridized carbons (Fsp3) is 0.429. The topological polar surface area (TPSA) is 123 Å². The van der Waals surface area contributed by atoms with Crippen molar-refractivity contribution in [3.05, 3.63) is 58.1 Å². The lowest BCUT2D eigenvalue weighted by atomic mass is 9.87. The number of aliphatic hydroxyl groups is 1. The van der Waals surface area contributed by atoms with Gasteiger partial charge in [-0.25, -0.2) is 8.78 Å². The summed E-state index contributed by atoms with van der Waals surface area (Å²) in [4.78, 5) is 40.6. The van der Waals surface area contributed by atoms with Gasteiger partial charge in [-0.3, -0.25) is 14.4 Å². The quantitative estimate of drug-likeness (QED) is 0.486. The number of hydrogen-bond donors (Lipinski definition) is 3. The van der Waals surface area contributed by atoms with Crippen LogP contribution >= 0.6 is 15.9 Å². The summed E-state index contributed by atoms with van der Waals surface area (Å²) in [5, 5.41) is 26.9. The highest BCUT2D eigenvalue weighted by Crippen LogP contribution is 2.50. The summed E-state index contributed by atoms with van der Waals surface area (Å²) in [5.41, 5.74) is -0.344. The smallest absolute Gasteiger partial charge is 0.264 e. The van der Waals surface area contributed by atoms with Gasteiger partial charge in [0.25, 0.3) is 11.8 Å². The number of likely N-dealkylation sites (tertiary alicyclic amines) is 1. The van der Waals surface area contributed by atoms with E-state index in [0.717, 1.165) is 11.3 Å². The maximum Gasteiger partial charge on any atom is 0.264 e. The van der Waals surface area contributed by atoms with Crippen LogP contribution in [0.1, 0.15) is 43.2 Å². The maximum atomic E-state index is 14.6. The highest BCUT2D eigenvalue weighted by atomic mass is 79.9. The molecule has 1 aliphatic carbocycles. The summed E-state index contributed by atoms with van der Waals surface area (Å²) in [6.07, 6.45) is -0.306. The van der Waals surface area contributed by atoms with E-state index in [0.29, 0.717) is 34.1 Å². The SMILES string of the molecule is N#C[C@H](C[C@@H]1CCCNC1=O)NC(=O)[C@@H]1CC(F)(F)CCN1C(=O)C1(O)c2ccccc2-c2ccc(Br)cc21. The predicted molar refractivity (Wildman–Crippen MR) is 140 cm³/mol. The average molecular weight is 601 g/mol. The van der Waals surface area contributed by atoms with Crippen molar-refractivity contribution in [3.8, 4) is 17.2 Å². The molecule has 5 rings (SSSR count). The number of carbonyl (C=O) groups excluding carboxylic acids is 3. The van der Waals surface area contributed by atoms with Gasteiger partial charge in [-0.15, -0.1) is 0 Å². The van der Waals surface area contributed by atoms with Crippen LogP contribution in [-0.2, 0) is 20.0 Å². The molecule has 0 aromatic heterocycles. The number of nitriles is 1. The van der Waals surface area contributed by atoms with Crippen LogP contribution < -0.4 is 10.6 Å². The van der Waals surface area contributed by atoms with Crippen LogP contribution in [0.25, 0.3) is 11.1 Å². The molecule has 1 unspecified atom stereocenters. The van der Waals surface area contributed by atoms with E-state index in [1.165, 1.54) is 0 Å².